The van der Waals surface area contributed by atoms with Crippen LogP contribution in [0, 0.1) is 0 Å². The fourth-order valence-corrected chi connectivity index (χ4v) is 2.81. The van der Waals surface area contributed by atoms with Crippen molar-refractivity contribution in [3.8, 4) is 5.75 Å². The number of hydrogen-bond donors (Lipinski definition) is 2. The Labute approximate surface area is 187 Å². The van der Waals surface area contributed by atoms with E-state index in [-0.39, 0.29) is 48.2 Å². The molecule has 1 atom stereocenters. The molecule has 0 bridgehead atoms. The second-order valence-electron chi connectivity index (χ2n) is 6.54. The molecule has 1 heterocycles. The van der Waals surface area contributed by atoms with Gasteiger partial charge in [0.15, 0.2) is 5.96 Å². The van der Waals surface area contributed by atoms with Crippen molar-refractivity contribution >= 4 is 41.5 Å². The van der Waals surface area contributed by atoms with Gasteiger partial charge in [0.05, 0.1) is 5.69 Å². The third-order valence-electron chi connectivity index (χ3n) is 4.24. The Kier molecular flexibility index (Phi) is 10.7. The summed E-state index contributed by atoms with van der Waals surface area (Å²) >= 11 is 0. The summed E-state index contributed by atoms with van der Waals surface area (Å²) in [4.78, 5) is 19.6. The van der Waals surface area contributed by atoms with E-state index in [1.807, 2.05) is 4.90 Å². The van der Waals surface area contributed by atoms with Crippen LogP contribution in [0.1, 0.15) is 6.42 Å². The number of carbonyl (C=O) groups is 1. The molecule has 1 aliphatic rings. The van der Waals surface area contributed by atoms with Crippen molar-refractivity contribution < 1.29 is 18.3 Å². The van der Waals surface area contributed by atoms with E-state index in [0.29, 0.717) is 31.3 Å². The number of halogens is 3. The van der Waals surface area contributed by atoms with Gasteiger partial charge in [-0.2, -0.15) is 8.78 Å². The lowest BCUT2D eigenvalue weighted by Crippen LogP contribution is -2.45. The van der Waals surface area contributed by atoms with Crippen LogP contribution in [0.3, 0.4) is 0 Å². The molecule has 1 fully saturated rings. The average molecular weight is 523 g/mol. The highest BCUT2D eigenvalue weighted by atomic mass is 127. The zero-order valence-electron chi connectivity index (χ0n) is 16.6. The number of nitrogens with zero attached hydrogens (tertiary/aromatic N) is 3. The van der Waals surface area contributed by atoms with Crippen LogP contribution >= 0.6 is 24.0 Å². The molecule has 10 heteroatoms. The smallest absolute Gasteiger partial charge is 0.387 e. The zero-order valence-corrected chi connectivity index (χ0v) is 18.9. The third-order valence-corrected chi connectivity index (χ3v) is 4.24. The predicted octanol–water partition coefficient (Wildman–Crippen LogP) is 2.29. The van der Waals surface area contributed by atoms with Gasteiger partial charge in [-0.25, -0.2) is 4.99 Å². The molecule has 1 amide bonds. The first-order valence-electron chi connectivity index (χ1n) is 9.05. The quantitative estimate of drug-likeness (QED) is 0.237. The Morgan fingerprint density at radius 1 is 1.45 bits per heavy atom. The average Bonchev–Trinajstić information content (AvgIpc) is 3.11. The van der Waals surface area contributed by atoms with E-state index in [0.717, 1.165) is 6.42 Å². The lowest BCUT2D eigenvalue weighted by Gasteiger charge is -2.22. The number of ether oxygens (including phenoxy) is 1. The topological polar surface area (TPSA) is 69.2 Å². The number of para-hydroxylation sites is 2. The van der Waals surface area contributed by atoms with Crippen molar-refractivity contribution in [1.29, 1.82) is 0 Å². The van der Waals surface area contributed by atoms with Gasteiger partial charge in [-0.15, -0.1) is 30.6 Å². The standard InChI is InChI=1S/C19H27F2N5O2.HI/c1-4-10-22-19(23-12-17(27)25(2)3)24-14-9-11-26(13-14)15-7-5-6-8-16(15)28-18(20)21;/h4-8,14,18H,1,9-13H2,2-3H3,(H2,22,23,24);1H. The van der Waals surface area contributed by atoms with Gasteiger partial charge in [0.2, 0.25) is 5.91 Å². The Hall–Kier alpha value is -2.11. The summed E-state index contributed by atoms with van der Waals surface area (Å²) in [5.74, 6) is 0.568. The fourth-order valence-electron chi connectivity index (χ4n) is 2.81. The van der Waals surface area contributed by atoms with Crippen LogP contribution < -0.4 is 20.3 Å². The number of nitrogens with one attached hydrogen (secondary N) is 2. The summed E-state index contributed by atoms with van der Waals surface area (Å²) in [6, 6.07) is 6.80. The Morgan fingerprint density at radius 3 is 2.83 bits per heavy atom. The minimum Gasteiger partial charge on any atom is -0.433 e. The summed E-state index contributed by atoms with van der Waals surface area (Å²) in [5, 5.41) is 6.39. The Morgan fingerprint density at radius 2 is 2.17 bits per heavy atom. The number of likely N-dealkylation sites (N-methyl/N-ethyl adjacent to an activating group) is 1. The molecule has 2 rings (SSSR count). The number of anilines is 1. The molecule has 1 aromatic carbocycles. The number of benzene rings is 1. The molecular formula is C19H28F2IN5O2. The molecule has 162 valence electrons. The minimum atomic E-state index is -2.87. The van der Waals surface area contributed by atoms with Gasteiger partial charge in [-0.05, 0) is 18.6 Å². The third kappa shape index (κ3) is 8.03. The molecule has 0 aliphatic carbocycles. The Bertz CT molecular complexity index is 703. The molecule has 7 nitrogen and oxygen atoms in total. The SMILES string of the molecule is C=CCNC(=NCC(=O)N(C)C)NC1CCN(c2ccccc2OC(F)F)C1.I. The van der Waals surface area contributed by atoms with Crippen molar-refractivity contribution in [3.63, 3.8) is 0 Å². The van der Waals surface area contributed by atoms with Crippen molar-refractivity contribution in [1.82, 2.24) is 15.5 Å². The number of rotatable bonds is 8. The number of aliphatic imine (C=N–C) groups is 1. The molecule has 29 heavy (non-hydrogen) atoms. The monoisotopic (exact) mass is 523 g/mol. The van der Waals surface area contributed by atoms with E-state index >= 15 is 0 Å². The molecule has 2 N–H and O–H groups in total. The molecule has 0 radical (unpaired) electrons. The molecule has 1 saturated heterocycles. The molecule has 0 spiro atoms. The molecule has 0 aromatic heterocycles. The highest BCUT2D eigenvalue weighted by Crippen LogP contribution is 2.31. The normalized spacial score (nSPS) is 16.2. The highest BCUT2D eigenvalue weighted by molar-refractivity contribution is 14.0. The van der Waals surface area contributed by atoms with Crippen LogP contribution in [0.4, 0.5) is 14.5 Å². The predicted molar refractivity (Wildman–Crippen MR) is 121 cm³/mol. The molecule has 1 unspecified atom stereocenters. The summed E-state index contributed by atoms with van der Waals surface area (Å²) in [7, 11) is 3.35. The lowest BCUT2D eigenvalue weighted by molar-refractivity contribution is -0.127. The van der Waals surface area contributed by atoms with Crippen molar-refractivity contribution in [2.24, 2.45) is 4.99 Å². The summed E-state index contributed by atoms with van der Waals surface area (Å²) in [6.07, 6.45) is 2.49. The van der Waals surface area contributed by atoms with E-state index in [2.05, 4.69) is 26.9 Å². The molecular weight excluding hydrogens is 495 g/mol. The van der Waals surface area contributed by atoms with Crippen molar-refractivity contribution in [3.05, 3.63) is 36.9 Å². The molecule has 1 aromatic rings. The largest absolute Gasteiger partial charge is 0.433 e. The molecule has 0 saturated carbocycles. The Balaban J connectivity index is 0.00000420. The highest BCUT2D eigenvalue weighted by Gasteiger charge is 2.26. The number of carbonyl (C=O) groups excluding carboxylic acids is 1. The summed E-state index contributed by atoms with van der Waals surface area (Å²) in [5.41, 5.74) is 0.632. The summed E-state index contributed by atoms with van der Waals surface area (Å²) in [6.45, 7) is 2.62. The van der Waals surface area contributed by atoms with E-state index in [1.165, 1.54) is 11.0 Å². The van der Waals surface area contributed by atoms with Gasteiger partial charge in [0.25, 0.3) is 0 Å². The lowest BCUT2D eigenvalue weighted by atomic mass is 10.2. The van der Waals surface area contributed by atoms with Gasteiger partial charge in [-0.3, -0.25) is 4.79 Å². The number of alkyl halides is 2. The van der Waals surface area contributed by atoms with Crippen LogP contribution in [0.5, 0.6) is 5.75 Å². The zero-order chi connectivity index (χ0) is 20.5. The minimum absolute atomic E-state index is 0. The van der Waals surface area contributed by atoms with Gasteiger partial charge in [0, 0.05) is 39.8 Å². The van der Waals surface area contributed by atoms with Crippen LogP contribution in [-0.4, -0.2) is 69.7 Å². The van der Waals surface area contributed by atoms with E-state index in [9.17, 15) is 13.6 Å². The van der Waals surface area contributed by atoms with Gasteiger partial charge < -0.3 is 25.2 Å². The van der Waals surface area contributed by atoms with Crippen molar-refractivity contribution in [2.75, 3.05) is 45.2 Å². The number of amides is 1. The second kappa shape index (κ2) is 12.5. The van der Waals surface area contributed by atoms with Crippen LogP contribution in [0.2, 0.25) is 0 Å². The van der Waals surface area contributed by atoms with Crippen LogP contribution in [-0.2, 0) is 4.79 Å². The second-order valence-corrected chi connectivity index (χ2v) is 6.54. The summed E-state index contributed by atoms with van der Waals surface area (Å²) < 4.78 is 29.9. The van der Waals surface area contributed by atoms with E-state index in [1.54, 1.807) is 38.4 Å². The van der Waals surface area contributed by atoms with Crippen molar-refractivity contribution in [2.45, 2.75) is 19.1 Å². The first-order chi connectivity index (χ1) is 13.4. The van der Waals surface area contributed by atoms with E-state index < -0.39 is 6.61 Å². The van der Waals surface area contributed by atoms with Crippen LogP contribution in [0.15, 0.2) is 41.9 Å². The maximum atomic E-state index is 12.6. The maximum absolute atomic E-state index is 12.6. The van der Waals surface area contributed by atoms with Gasteiger partial charge in [-0.1, -0.05) is 18.2 Å². The van der Waals surface area contributed by atoms with Gasteiger partial charge in [0.1, 0.15) is 12.3 Å². The van der Waals surface area contributed by atoms with Gasteiger partial charge >= 0.3 is 6.61 Å². The molecule has 1 aliphatic heterocycles. The number of guanidine groups is 1. The maximum Gasteiger partial charge on any atom is 0.387 e. The fraction of sp³-hybridized carbons (Fsp3) is 0.474. The first-order valence-corrected chi connectivity index (χ1v) is 9.05. The van der Waals surface area contributed by atoms with E-state index in [4.69, 9.17) is 0 Å². The number of hydrogen-bond acceptors (Lipinski definition) is 4. The van der Waals surface area contributed by atoms with Crippen LogP contribution in [0.25, 0.3) is 0 Å². The first kappa shape index (κ1) is 24.9.